The normalized spacial score (nSPS) is 13.6. The fraction of sp³-hybridized carbons (Fsp3) is 0.429. The minimum Gasteiger partial charge on any atom is -0.481 e. The number of rotatable bonds is 6. The molecule has 0 bridgehead atoms. The Bertz CT molecular complexity index is 462. The Morgan fingerprint density at radius 1 is 1.32 bits per heavy atom. The molecule has 0 aliphatic rings. The van der Waals surface area contributed by atoms with E-state index in [1.807, 2.05) is 18.2 Å². The topological polar surface area (TPSA) is 66.4 Å². The standard InChI is InChI=1S/C14H18ClNO3/c1-9(14(18)19)10(2)16-13(17)8-7-11-5-3-4-6-12(11)15/h3-6,9-10H,7-8H2,1-2H3,(H,16,17)(H,18,19). The summed E-state index contributed by atoms with van der Waals surface area (Å²) in [6, 6.07) is 6.97. The molecule has 1 rings (SSSR count). The molecule has 5 heteroatoms. The van der Waals surface area contributed by atoms with E-state index in [1.165, 1.54) is 0 Å². The van der Waals surface area contributed by atoms with Crippen molar-refractivity contribution in [1.29, 1.82) is 0 Å². The lowest BCUT2D eigenvalue weighted by atomic mass is 10.0. The molecule has 1 aromatic carbocycles. The van der Waals surface area contributed by atoms with Crippen molar-refractivity contribution >= 4 is 23.5 Å². The highest BCUT2D eigenvalue weighted by atomic mass is 35.5. The van der Waals surface area contributed by atoms with Gasteiger partial charge in [-0.25, -0.2) is 0 Å². The SMILES string of the molecule is CC(NC(=O)CCc1ccccc1Cl)C(C)C(=O)O. The number of nitrogens with one attached hydrogen (secondary N) is 1. The smallest absolute Gasteiger partial charge is 0.308 e. The minimum atomic E-state index is -0.918. The molecule has 0 fully saturated rings. The molecule has 2 unspecified atom stereocenters. The molecule has 0 aliphatic carbocycles. The first-order valence-corrected chi connectivity index (χ1v) is 6.55. The van der Waals surface area contributed by atoms with Gasteiger partial charge in [0.2, 0.25) is 5.91 Å². The summed E-state index contributed by atoms with van der Waals surface area (Å²) in [5, 5.41) is 12.2. The number of benzene rings is 1. The first kappa shape index (κ1) is 15.5. The van der Waals surface area contributed by atoms with Crippen molar-refractivity contribution in [3.05, 3.63) is 34.9 Å². The van der Waals surface area contributed by atoms with Crippen molar-refractivity contribution in [3.8, 4) is 0 Å². The van der Waals surface area contributed by atoms with Crippen molar-refractivity contribution in [2.75, 3.05) is 0 Å². The molecule has 104 valence electrons. The molecule has 1 aromatic rings. The first-order valence-electron chi connectivity index (χ1n) is 6.17. The van der Waals surface area contributed by atoms with E-state index in [1.54, 1.807) is 19.9 Å². The van der Waals surface area contributed by atoms with Gasteiger partial charge in [0.1, 0.15) is 0 Å². The predicted molar refractivity (Wildman–Crippen MR) is 74.2 cm³/mol. The molecule has 19 heavy (non-hydrogen) atoms. The van der Waals surface area contributed by atoms with Crippen molar-refractivity contribution in [2.24, 2.45) is 5.92 Å². The number of hydrogen-bond acceptors (Lipinski definition) is 2. The molecular formula is C14H18ClNO3. The van der Waals surface area contributed by atoms with Gasteiger partial charge in [0.15, 0.2) is 0 Å². The molecule has 0 aliphatic heterocycles. The number of carbonyl (C=O) groups is 2. The lowest BCUT2D eigenvalue weighted by molar-refractivity contribution is -0.142. The number of amides is 1. The summed E-state index contributed by atoms with van der Waals surface area (Å²) in [7, 11) is 0. The van der Waals surface area contributed by atoms with Crippen molar-refractivity contribution in [2.45, 2.75) is 32.7 Å². The number of aliphatic carboxylic acids is 1. The van der Waals surface area contributed by atoms with Gasteiger partial charge in [0.25, 0.3) is 0 Å². The van der Waals surface area contributed by atoms with Crippen LogP contribution in [0.5, 0.6) is 0 Å². The summed E-state index contributed by atoms with van der Waals surface area (Å²) >= 11 is 6.00. The van der Waals surface area contributed by atoms with E-state index in [-0.39, 0.29) is 5.91 Å². The van der Waals surface area contributed by atoms with Gasteiger partial charge in [0, 0.05) is 17.5 Å². The third-order valence-electron chi connectivity index (χ3n) is 3.11. The van der Waals surface area contributed by atoms with Crippen LogP contribution in [0, 0.1) is 5.92 Å². The fourth-order valence-corrected chi connectivity index (χ4v) is 1.84. The molecule has 0 spiro atoms. The summed E-state index contributed by atoms with van der Waals surface area (Å²) < 4.78 is 0. The summed E-state index contributed by atoms with van der Waals surface area (Å²) in [6.45, 7) is 3.26. The van der Waals surface area contributed by atoms with Gasteiger partial charge in [-0.15, -0.1) is 0 Å². The number of aryl methyl sites for hydroxylation is 1. The van der Waals surface area contributed by atoms with Crippen LogP contribution in [0.1, 0.15) is 25.8 Å². The zero-order chi connectivity index (χ0) is 14.4. The number of carbonyl (C=O) groups excluding carboxylic acids is 1. The van der Waals surface area contributed by atoms with Crippen LogP contribution in [0.15, 0.2) is 24.3 Å². The lowest BCUT2D eigenvalue weighted by Crippen LogP contribution is -2.40. The fourth-order valence-electron chi connectivity index (χ4n) is 1.61. The number of carboxylic acids is 1. The number of carboxylic acid groups (broad SMARTS) is 1. The van der Waals surface area contributed by atoms with Crippen molar-refractivity contribution in [3.63, 3.8) is 0 Å². The molecule has 1 amide bonds. The largest absolute Gasteiger partial charge is 0.481 e. The molecule has 0 aromatic heterocycles. The molecular weight excluding hydrogens is 266 g/mol. The number of hydrogen-bond donors (Lipinski definition) is 2. The lowest BCUT2D eigenvalue weighted by Gasteiger charge is -2.17. The van der Waals surface area contributed by atoms with Crippen LogP contribution in [0.25, 0.3) is 0 Å². The summed E-state index contributed by atoms with van der Waals surface area (Å²) in [6.07, 6.45) is 0.833. The van der Waals surface area contributed by atoms with Crippen LogP contribution >= 0.6 is 11.6 Å². The van der Waals surface area contributed by atoms with Gasteiger partial charge in [0.05, 0.1) is 5.92 Å². The quantitative estimate of drug-likeness (QED) is 0.843. The Morgan fingerprint density at radius 3 is 2.53 bits per heavy atom. The van der Waals surface area contributed by atoms with Crippen LogP contribution in [-0.2, 0) is 16.0 Å². The molecule has 0 saturated heterocycles. The number of halogens is 1. The van der Waals surface area contributed by atoms with Gasteiger partial charge < -0.3 is 10.4 Å². The minimum absolute atomic E-state index is 0.166. The van der Waals surface area contributed by atoms with E-state index in [4.69, 9.17) is 16.7 Å². The second-order valence-corrected chi connectivity index (χ2v) is 4.98. The zero-order valence-electron chi connectivity index (χ0n) is 11.0. The maximum atomic E-state index is 11.7. The average Bonchev–Trinajstić information content (AvgIpc) is 2.36. The van der Waals surface area contributed by atoms with E-state index >= 15 is 0 Å². The highest BCUT2D eigenvalue weighted by Gasteiger charge is 2.20. The summed E-state index contributed by atoms with van der Waals surface area (Å²) in [5.41, 5.74) is 0.915. The maximum absolute atomic E-state index is 11.7. The van der Waals surface area contributed by atoms with E-state index in [2.05, 4.69) is 5.32 Å². The Labute approximate surface area is 117 Å². The van der Waals surface area contributed by atoms with E-state index < -0.39 is 17.9 Å². The first-order chi connectivity index (χ1) is 8.91. The Hall–Kier alpha value is -1.55. The molecule has 0 radical (unpaired) electrons. The Morgan fingerprint density at radius 2 is 1.95 bits per heavy atom. The second kappa shape index (κ2) is 7.14. The molecule has 4 nitrogen and oxygen atoms in total. The third kappa shape index (κ3) is 4.91. The third-order valence-corrected chi connectivity index (χ3v) is 3.48. The van der Waals surface area contributed by atoms with Crippen LogP contribution in [0.4, 0.5) is 0 Å². The average molecular weight is 284 g/mol. The molecule has 0 saturated carbocycles. The second-order valence-electron chi connectivity index (χ2n) is 4.57. The Balaban J connectivity index is 2.44. The predicted octanol–water partition coefficient (Wildman–Crippen LogP) is 2.50. The van der Waals surface area contributed by atoms with Crippen LogP contribution in [0.2, 0.25) is 5.02 Å². The molecule has 2 N–H and O–H groups in total. The van der Waals surface area contributed by atoms with Gasteiger partial charge in [-0.1, -0.05) is 29.8 Å². The van der Waals surface area contributed by atoms with Crippen LogP contribution < -0.4 is 5.32 Å². The summed E-state index contributed by atoms with van der Waals surface area (Å²) in [4.78, 5) is 22.5. The van der Waals surface area contributed by atoms with Crippen LogP contribution in [-0.4, -0.2) is 23.0 Å². The van der Waals surface area contributed by atoms with E-state index in [0.29, 0.717) is 17.9 Å². The van der Waals surface area contributed by atoms with Gasteiger partial charge in [-0.3, -0.25) is 9.59 Å². The highest BCUT2D eigenvalue weighted by Crippen LogP contribution is 2.16. The molecule has 0 heterocycles. The summed E-state index contributed by atoms with van der Waals surface area (Å²) in [5.74, 6) is -1.69. The monoisotopic (exact) mass is 283 g/mol. The van der Waals surface area contributed by atoms with Gasteiger partial charge in [-0.2, -0.15) is 0 Å². The van der Waals surface area contributed by atoms with Gasteiger partial charge >= 0.3 is 5.97 Å². The van der Waals surface area contributed by atoms with Crippen molar-refractivity contribution < 1.29 is 14.7 Å². The van der Waals surface area contributed by atoms with E-state index in [9.17, 15) is 9.59 Å². The Kier molecular flexibility index (Phi) is 5.83. The zero-order valence-corrected chi connectivity index (χ0v) is 11.8. The van der Waals surface area contributed by atoms with Crippen molar-refractivity contribution in [1.82, 2.24) is 5.32 Å². The van der Waals surface area contributed by atoms with Gasteiger partial charge in [-0.05, 0) is 31.9 Å². The van der Waals surface area contributed by atoms with Crippen LogP contribution in [0.3, 0.4) is 0 Å². The molecule has 2 atom stereocenters. The highest BCUT2D eigenvalue weighted by molar-refractivity contribution is 6.31. The maximum Gasteiger partial charge on any atom is 0.308 e. The van der Waals surface area contributed by atoms with E-state index in [0.717, 1.165) is 5.56 Å².